The second-order valence-corrected chi connectivity index (χ2v) is 2.87. The van der Waals surface area contributed by atoms with Crippen LogP contribution in [0.4, 0.5) is 18.9 Å². The van der Waals surface area contributed by atoms with Gasteiger partial charge in [-0.25, -0.2) is 0 Å². The van der Waals surface area contributed by atoms with Crippen LogP contribution in [-0.2, 0) is 0 Å². The summed E-state index contributed by atoms with van der Waals surface area (Å²) in [7, 11) is 1.01. The summed E-state index contributed by atoms with van der Waals surface area (Å²) in [5.74, 6) is 0. The largest absolute Gasteiger partial charge is 0.484 e. The van der Waals surface area contributed by atoms with Gasteiger partial charge in [0.15, 0.2) is 0 Å². The van der Waals surface area contributed by atoms with Crippen molar-refractivity contribution in [2.45, 2.75) is 13.2 Å². The third-order valence-corrected chi connectivity index (χ3v) is 1.77. The molecule has 0 aliphatic carbocycles. The molecule has 0 radical (unpaired) electrons. The van der Waals surface area contributed by atoms with Gasteiger partial charge in [0.2, 0.25) is 0 Å². The molecule has 0 bridgehead atoms. The van der Waals surface area contributed by atoms with E-state index in [0.717, 1.165) is 12.6 Å². The minimum absolute atomic E-state index is 0.160. The molecule has 0 N–H and O–H groups in total. The first-order chi connectivity index (χ1) is 5.91. The number of anilines is 1. The van der Waals surface area contributed by atoms with E-state index in [-0.39, 0.29) is 5.69 Å². The number of hydrogen-bond donors (Lipinski definition) is 0. The van der Waals surface area contributed by atoms with Crippen LogP contribution in [-0.4, -0.2) is 13.3 Å². The zero-order valence-corrected chi connectivity index (χ0v) is 7.39. The van der Waals surface area contributed by atoms with E-state index in [1.54, 1.807) is 19.1 Å². The number of alkyl halides is 3. The Morgan fingerprint density at radius 3 is 2.31 bits per heavy atom. The van der Waals surface area contributed by atoms with Crippen LogP contribution < -0.4 is 4.90 Å². The average Bonchev–Trinajstić information content (AvgIpc) is 2.01. The second kappa shape index (κ2) is 3.28. The van der Waals surface area contributed by atoms with E-state index >= 15 is 0 Å². The van der Waals surface area contributed by atoms with Crippen molar-refractivity contribution in [1.29, 1.82) is 0 Å². The van der Waals surface area contributed by atoms with Crippen LogP contribution in [0.1, 0.15) is 5.56 Å². The normalized spacial score (nSPS) is 11.5. The van der Waals surface area contributed by atoms with Gasteiger partial charge in [-0.05, 0) is 24.6 Å². The third-order valence-electron chi connectivity index (χ3n) is 1.77. The molecule has 1 rings (SSSR count). The number of rotatable bonds is 1. The number of aryl methyl sites for hydroxylation is 1. The van der Waals surface area contributed by atoms with E-state index in [9.17, 15) is 13.2 Å². The van der Waals surface area contributed by atoms with Gasteiger partial charge in [-0.1, -0.05) is 12.1 Å². The molecule has 72 valence electrons. The zero-order valence-electron chi connectivity index (χ0n) is 7.39. The molecule has 1 nitrogen and oxygen atoms in total. The van der Waals surface area contributed by atoms with Gasteiger partial charge in [0.25, 0.3) is 0 Å². The summed E-state index contributed by atoms with van der Waals surface area (Å²) in [5.41, 5.74) is 0.973. The van der Waals surface area contributed by atoms with Crippen molar-refractivity contribution in [2.24, 2.45) is 0 Å². The Balaban J connectivity index is 2.96. The van der Waals surface area contributed by atoms with E-state index in [1.807, 2.05) is 0 Å². The average molecular weight is 189 g/mol. The molecule has 0 amide bonds. The standard InChI is InChI=1S/C9H10F3N/c1-7-4-3-5-8(6-7)13(2)9(10,11)12/h3-6H,1-2H3. The summed E-state index contributed by atoms with van der Waals surface area (Å²) >= 11 is 0. The van der Waals surface area contributed by atoms with Gasteiger partial charge in [0, 0.05) is 12.7 Å². The van der Waals surface area contributed by atoms with E-state index < -0.39 is 6.30 Å². The van der Waals surface area contributed by atoms with Crippen LogP contribution >= 0.6 is 0 Å². The quantitative estimate of drug-likeness (QED) is 0.614. The van der Waals surface area contributed by atoms with Crippen LogP contribution in [0.3, 0.4) is 0 Å². The van der Waals surface area contributed by atoms with Crippen LogP contribution in [0.15, 0.2) is 24.3 Å². The Morgan fingerprint density at radius 2 is 1.85 bits per heavy atom. The molecular weight excluding hydrogens is 179 g/mol. The number of halogens is 3. The van der Waals surface area contributed by atoms with Gasteiger partial charge < -0.3 is 0 Å². The predicted octanol–water partition coefficient (Wildman–Crippen LogP) is 2.95. The summed E-state index contributed by atoms with van der Waals surface area (Å²) in [6, 6.07) is 6.29. The molecule has 0 unspecified atom stereocenters. The molecule has 0 aliphatic rings. The zero-order chi connectivity index (χ0) is 10.1. The Hall–Kier alpha value is -1.19. The first-order valence-electron chi connectivity index (χ1n) is 3.78. The second-order valence-electron chi connectivity index (χ2n) is 2.87. The lowest BCUT2D eigenvalue weighted by atomic mass is 10.2. The van der Waals surface area contributed by atoms with E-state index in [1.165, 1.54) is 12.1 Å². The summed E-state index contributed by atoms with van der Waals surface area (Å²) in [6.07, 6.45) is -4.31. The summed E-state index contributed by atoms with van der Waals surface area (Å²) in [4.78, 5) is 0.292. The van der Waals surface area contributed by atoms with Crippen LogP contribution in [0.25, 0.3) is 0 Å². The van der Waals surface area contributed by atoms with Gasteiger partial charge in [-0.2, -0.15) is 13.2 Å². The molecular formula is C9H10F3N. The van der Waals surface area contributed by atoms with Crippen LogP contribution in [0.2, 0.25) is 0 Å². The molecule has 1 aromatic carbocycles. The van der Waals surface area contributed by atoms with E-state index in [0.29, 0.717) is 4.90 Å². The monoisotopic (exact) mass is 189 g/mol. The molecule has 13 heavy (non-hydrogen) atoms. The van der Waals surface area contributed by atoms with Gasteiger partial charge in [0.05, 0.1) is 0 Å². The summed E-state index contributed by atoms with van der Waals surface area (Å²) in [6.45, 7) is 1.76. The lowest BCUT2D eigenvalue weighted by Gasteiger charge is -2.22. The Bertz CT molecular complexity index is 293. The van der Waals surface area contributed by atoms with Crippen LogP contribution in [0.5, 0.6) is 0 Å². The minimum Gasteiger partial charge on any atom is -0.287 e. The topological polar surface area (TPSA) is 3.24 Å². The number of hydrogen-bond acceptors (Lipinski definition) is 1. The minimum atomic E-state index is -4.31. The maximum atomic E-state index is 12.2. The molecule has 0 aliphatic heterocycles. The molecule has 0 saturated carbocycles. The van der Waals surface area contributed by atoms with Gasteiger partial charge >= 0.3 is 6.30 Å². The van der Waals surface area contributed by atoms with Crippen molar-refractivity contribution in [2.75, 3.05) is 11.9 Å². The van der Waals surface area contributed by atoms with Crippen molar-refractivity contribution in [3.05, 3.63) is 29.8 Å². The fourth-order valence-corrected chi connectivity index (χ4v) is 0.983. The molecule has 0 aromatic heterocycles. The Labute approximate surface area is 74.8 Å². The molecule has 1 aromatic rings. The fourth-order valence-electron chi connectivity index (χ4n) is 0.983. The maximum absolute atomic E-state index is 12.2. The van der Waals surface area contributed by atoms with Gasteiger partial charge in [-0.15, -0.1) is 0 Å². The highest BCUT2D eigenvalue weighted by atomic mass is 19.4. The molecule has 0 atom stereocenters. The van der Waals surface area contributed by atoms with Crippen molar-refractivity contribution >= 4 is 5.69 Å². The third kappa shape index (κ3) is 2.37. The highest BCUT2D eigenvalue weighted by Gasteiger charge is 2.34. The summed E-state index contributed by atoms with van der Waals surface area (Å²) < 4.78 is 36.6. The van der Waals surface area contributed by atoms with Gasteiger partial charge in [0.1, 0.15) is 0 Å². The highest BCUT2D eigenvalue weighted by molar-refractivity contribution is 5.48. The number of benzene rings is 1. The van der Waals surface area contributed by atoms with Crippen molar-refractivity contribution in [3.63, 3.8) is 0 Å². The Kier molecular flexibility index (Phi) is 2.50. The van der Waals surface area contributed by atoms with Crippen molar-refractivity contribution in [1.82, 2.24) is 0 Å². The van der Waals surface area contributed by atoms with E-state index in [2.05, 4.69) is 0 Å². The van der Waals surface area contributed by atoms with E-state index in [4.69, 9.17) is 0 Å². The smallest absolute Gasteiger partial charge is 0.287 e. The summed E-state index contributed by atoms with van der Waals surface area (Å²) in [5, 5.41) is 0. The van der Waals surface area contributed by atoms with Crippen molar-refractivity contribution < 1.29 is 13.2 Å². The van der Waals surface area contributed by atoms with Gasteiger partial charge in [-0.3, -0.25) is 4.90 Å². The molecule has 0 spiro atoms. The molecule has 0 fully saturated rings. The predicted molar refractivity (Wildman–Crippen MR) is 45.6 cm³/mol. The first kappa shape index (κ1) is 9.89. The molecule has 4 heteroatoms. The lowest BCUT2D eigenvalue weighted by molar-refractivity contribution is -0.125. The number of nitrogens with zero attached hydrogens (tertiary/aromatic N) is 1. The van der Waals surface area contributed by atoms with Crippen molar-refractivity contribution in [3.8, 4) is 0 Å². The first-order valence-corrected chi connectivity index (χ1v) is 3.78. The highest BCUT2D eigenvalue weighted by Crippen LogP contribution is 2.26. The fraction of sp³-hybridized carbons (Fsp3) is 0.333. The SMILES string of the molecule is Cc1cccc(N(C)C(F)(F)F)c1. The Morgan fingerprint density at radius 1 is 1.23 bits per heavy atom. The van der Waals surface area contributed by atoms with Crippen LogP contribution in [0, 0.1) is 6.92 Å². The molecule has 0 heterocycles. The lowest BCUT2D eigenvalue weighted by Crippen LogP contribution is -2.33. The maximum Gasteiger partial charge on any atom is 0.484 e. The molecule has 0 saturated heterocycles.